The third kappa shape index (κ3) is 2.90. The lowest BCUT2D eigenvalue weighted by Gasteiger charge is -2.36. The Morgan fingerprint density at radius 3 is 2.52 bits per heavy atom. The highest BCUT2D eigenvalue weighted by Crippen LogP contribution is 2.35. The highest BCUT2D eigenvalue weighted by molar-refractivity contribution is 6.07. The van der Waals surface area contributed by atoms with Crippen molar-refractivity contribution in [2.45, 2.75) is 26.0 Å². The lowest BCUT2D eigenvalue weighted by atomic mass is 10.1. The van der Waals surface area contributed by atoms with E-state index in [4.69, 9.17) is 4.74 Å². The first-order valence-electron chi connectivity index (χ1n) is 7.52. The van der Waals surface area contributed by atoms with Gasteiger partial charge in [0, 0.05) is 5.69 Å². The average Bonchev–Trinajstić information content (AvgIpc) is 2.56. The molecule has 0 saturated carbocycles. The van der Waals surface area contributed by atoms with Gasteiger partial charge in [0.2, 0.25) is 5.91 Å². The van der Waals surface area contributed by atoms with Gasteiger partial charge < -0.3 is 10.1 Å². The van der Waals surface area contributed by atoms with Crippen molar-refractivity contribution in [3.63, 3.8) is 0 Å². The van der Waals surface area contributed by atoms with Crippen LogP contribution >= 0.6 is 0 Å². The lowest BCUT2D eigenvalue weighted by Crippen LogP contribution is -2.52. The third-order valence-electron chi connectivity index (χ3n) is 3.82. The van der Waals surface area contributed by atoms with Crippen molar-refractivity contribution in [3.8, 4) is 5.75 Å². The molecule has 5 nitrogen and oxygen atoms in total. The third-order valence-corrected chi connectivity index (χ3v) is 3.82. The Bertz CT molecular complexity index is 730. The van der Waals surface area contributed by atoms with E-state index in [1.54, 1.807) is 26.0 Å². The van der Waals surface area contributed by atoms with Crippen molar-refractivity contribution in [1.29, 1.82) is 0 Å². The number of rotatable bonds is 3. The molecule has 0 aliphatic carbocycles. The van der Waals surface area contributed by atoms with Crippen LogP contribution in [0.4, 0.5) is 11.4 Å². The molecule has 118 valence electrons. The summed E-state index contributed by atoms with van der Waals surface area (Å²) in [6.45, 7) is 3.40. The van der Waals surface area contributed by atoms with E-state index in [9.17, 15) is 9.59 Å². The Hall–Kier alpha value is -2.82. The van der Waals surface area contributed by atoms with Gasteiger partial charge in [-0.3, -0.25) is 14.5 Å². The summed E-state index contributed by atoms with van der Waals surface area (Å²) in [5.74, 6) is 0.145. The number of fused-ring (bicyclic) bond motifs is 1. The summed E-state index contributed by atoms with van der Waals surface area (Å²) >= 11 is 0. The monoisotopic (exact) mass is 310 g/mol. The van der Waals surface area contributed by atoms with Gasteiger partial charge in [-0.15, -0.1) is 0 Å². The molecular formula is C18H18N2O3. The molecule has 0 radical (unpaired) electrons. The van der Waals surface area contributed by atoms with Gasteiger partial charge in [0.05, 0.1) is 5.69 Å². The molecule has 2 aromatic rings. The Labute approximate surface area is 134 Å². The Balaban J connectivity index is 1.87. The van der Waals surface area contributed by atoms with E-state index in [1.165, 1.54) is 4.90 Å². The Morgan fingerprint density at radius 1 is 1.13 bits per heavy atom. The number of nitrogens with zero attached hydrogens (tertiary/aromatic N) is 1. The molecule has 0 fully saturated rings. The highest BCUT2D eigenvalue weighted by atomic mass is 16.5. The number of carbonyl (C=O) groups is 2. The van der Waals surface area contributed by atoms with Crippen LogP contribution in [-0.4, -0.2) is 24.0 Å². The van der Waals surface area contributed by atoms with Crippen LogP contribution in [-0.2, 0) is 9.59 Å². The smallest absolute Gasteiger partial charge is 0.268 e. The van der Waals surface area contributed by atoms with E-state index < -0.39 is 12.1 Å². The molecule has 2 aromatic carbocycles. The van der Waals surface area contributed by atoms with E-state index in [1.807, 2.05) is 42.5 Å². The molecule has 2 atom stereocenters. The molecule has 0 saturated heterocycles. The van der Waals surface area contributed by atoms with Gasteiger partial charge in [0.15, 0.2) is 6.10 Å². The Kier molecular flexibility index (Phi) is 4.02. The van der Waals surface area contributed by atoms with Crippen LogP contribution in [0.15, 0.2) is 54.6 Å². The van der Waals surface area contributed by atoms with Crippen LogP contribution in [0, 0.1) is 0 Å². The standard InChI is InChI=1S/C18H18N2O3/c1-12(17(21)19-14-8-4-3-5-9-14)20-15-10-6-7-11-16(15)23-13(2)18(20)22/h3-13H,1-2H3,(H,19,21). The van der Waals surface area contributed by atoms with Gasteiger partial charge >= 0.3 is 0 Å². The van der Waals surface area contributed by atoms with Crippen molar-refractivity contribution < 1.29 is 14.3 Å². The minimum Gasteiger partial charge on any atom is -0.479 e. The van der Waals surface area contributed by atoms with Gasteiger partial charge in [-0.2, -0.15) is 0 Å². The second kappa shape index (κ2) is 6.12. The van der Waals surface area contributed by atoms with Gasteiger partial charge in [-0.25, -0.2) is 0 Å². The molecule has 2 amide bonds. The second-order valence-corrected chi connectivity index (χ2v) is 5.47. The first-order valence-corrected chi connectivity index (χ1v) is 7.52. The number of benzene rings is 2. The second-order valence-electron chi connectivity index (χ2n) is 5.47. The number of carbonyl (C=O) groups excluding carboxylic acids is 2. The maximum atomic E-state index is 12.5. The minimum atomic E-state index is -0.643. The fourth-order valence-corrected chi connectivity index (χ4v) is 2.60. The fourth-order valence-electron chi connectivity index (χ4n) is 2.60. The highest BCUT2D eigenvalue weighted by Gasteiger charge is 2.36. The number of hydrogen-bond acceptors (Lipinski definition) is 3. The van der Waals surface area contributed by atoms with Crippen LogP contribution in [0.3, 0.4) is 0 Å². The van der Waals surface area contributed by atoms with E-state index in [0.717, 1.165) is 0 Å². The summed E-state index contributed by atoms with van der Waals surface area (Å²) in [6, 6.07) is 15.8. The molecule has 1 heterocycles. The molecule has 23 heavy (non-hydrogen) atoms. The van der Waals surface area contributed by atoms with Crippen LogP contribution in [0.1, 0.15) is 13.8 Å². The number of anilines is 2. The summed E-state index contributed by atoms with van der Waals surface area (Å²) in [7, 11) is 0. The normalized spacial score (nSPS) is 17.9. The molecule has 1 aliphatic heterocycles. The number of hydrogen-bond donors (Lipinski definition) is 1. The van der Waals surface area contributed by atoms with Crippen molar-refractivity contribution in [3.05, 3.63) is 54.6 Å². The van der Waals surface area contributed by atoms with Crippen LogP contribution in [0.2, 0.25) is 0 Å². The SMILES string of the molecule is CC1Oc2ccccc2N(C(C)C(=O)Nc2ccccc2)C1=O. The number of ether oxygens (including phenoxy) is 1. The van der Waals surface area contributed by atoms with E-state index in [2.05, 4.69) is 5.32 Å². The summed E-state index contributed by atoms with van der Waals surface area (Å²) < 4.78 is 5.60. The number of para-hydroxylation sites is 3. The van der Waals surface area contributed by atoms with Gasteiger partial charge in [-0.1, -0.05) is 30.3 Å². The zero-order chi connectivity index (χ0) is 16.4. The summed E-state index contributed by atoms with van der Waals surface area (Å²) in [4.78, 5) is 26.5. The molecule has 2 unspecified atom stereocenters. The molecule has 0 bridgehead atoms. The molecule has 1 N–H and O–H groups in total. The summed E-state index contributed by atoms with van der Waals surface area (Å²) in [5, 5.41) is 2.83. The molecule has 0 spiro atoms. The number of amides is 2. The predicted molar refractivity (Wildman–Crippen MR) is 88.6 cm³/mol. The van der Waals surface area contributed by atoms with E-state index >= 15 is 0 Å². The molecule has 3 rings (SSSR count). The van der Waals surface area contributed by atoms with Crippen molar-refractivity contribution in [1.82, 2.24) is 0 Å². The van der Waals surface area contributed by atoms with Gasteiger partial charge in [0.25, 0.3) is 5.91 Å². The van der Waals surface area contributed by atoms with E-state index in [-0.39, 0.29) is 11.8 Å². The van der Waals surface area contributed by atoms with Crippen molar-refractivity contribution >= 4 is 23.2 Å². The molecule has 5 heteroatoms. The predicted octanol–water partition coefficient (Wildman–Crippen LogP) is 2.83. The summed E-state index contributed by atoms with van der Waals surface area (Å²) in [6.07, 6.45) is -0.614. The van der Waals surface area contributed by atoms with Crippen molar-refractivity contribution in [2.24, 2.45) is 0 Å². The largest absolute Gasteiger partial charge is 0.479 e. The first-order chi connectivity index (χ1) is 11.1. The van der Waals surface area contributed by atoms with Crippen LogP contribution < -0.4 is 15.0 Å². The maximum absolute atomic E-state index is 12.5. The molecular weight excluding hydrogens is 292 g/mol. The van der Waals surface area contributed by atoms with E-state index in [0.29, 0.717) is 17.1 Å². The topological polar surface area (TPSA) is 58.6 Å². The Morgan fingerprint density at radius 2 is 1.78 bits per heavy atom. The van der Waals surface area contributed by atoms with Crippen LogP contribution in [0.25, 0.3) is 0 Å². The maximum Gasteiger partial charge on any atom is 0.268 e. The quantitative estimate of drug-likeness (QED) is 0.948. The van der Waals surface area contributed by atoms with Gasteiger partial charge in [-0.05, 0) is 38.1 Å². The molecule has 0 aromatic heterocycles. The zero-order valence-electron chi connectivity index (χ0n) is 13.0. The first kappa shape index (κ1) is 15.1. The van der Waals surface area contributed by atoms with Crippen molar-refractivity contribution in [2.75, 3.05) is 10.2 Å². The minimum absolute atomic E-state index is 0.223. The fraction of sp³-hybridized carbons (Fsp3) is 0.222. The number of nitrogens with one attached hydrogen (secondary N) is 1. The summed E-state index contributed by atoms with van der Waals surface area (Å²) in [5.41, 5.74) is 1.32. The van der Waals surface area contributed by atoms with Gasteiger partial charge in [0.1, 0.15) is 11.8 Å². The average molecular weight is 310 g/mol. The lowest BCUT2D eigenvalue weighted by molar-refractivity contribution is -0.128. The zero-order valence-corrected chi connectivity index (χ0v) is 13.0. The molecule has 1 aliphatic rings. The van der Waals surface area contributed by atoms with Crippen LogP contribution in [0.5, 0.6) is 5.75 Å².